The first-order chi connectivity index (χ1) is 27.0. The molecular weight excluding hydrogens is 683 g/mol. The Kier molecular flexibility index (Phi) is 40.8. The van der Waals surface area contributed by atoms with Gasteiger partial charge in [0.15, 0.2) is 0 Å². The van der Waals surface area contributed by atoms with Crippen molar-refractivity contribution >= 4 is 11.9 Å². The van der Waals surface area contributed by atoms with Gasteiger partial charge in [-0.1, -0.05) is 197 Å². The lowest BCUT2D eigenvalue weighted by Crippen LogP contribution is -2.46. The molecule has 1 amide bonds. The summed E-state index contributed by atoms with van der Waals surface area (Å²) in [5.74, 6) is -0.543. The van der Waals surface area contributed by atoms with Crippen molar-refractivity contribution in [3.63, 3.8) is 0 Å². The van der Waals surface area contributed by atoms with E-state index in [4.69, 9.17) is 4.74 Å². The van der Waals surface area contributed by atoms with Gasteiger partial charge in [-0.3, -0.25) is 9.59 Å². The Hall–Kier alpha value is -2.44. The molecule has 0 aliphatic carbocycles. The van der Waals surface area contributed by atoms with Crippen LogP contribution in [0.5, 0.6) is 0 Å². The number of nitrogens with one attached hydrogen (secondary N) is 1. The molecular formula is C49H87NO5. The summed E-state index contributed by atoms with van der Waals surface area (Å²) in [5.41, 5.74) is 0. The van der Waals surface area contributed by atoms with Gasteiger partial charge in [-0.2, -0.15) is 0 Å². The lowest BCUT2D eigenvalue weighted by Gasteiger charge is -2.24. The minimum atomic E-state index is -0.798. The highest BCUT2D eigenvalue weighted by atomic mass is 16.5. The van der Waals surface area contributed by atoms with Crippen LogP contribution in [0.15, 0.2) is 60.8 Å². The number of rotatable bonds is 40. The van der Waals surface area contributed by atoms with E-state index in [1.807, 2.05) is 30.4 Å². The number of aliphatic hydroxyl groups excluding tert-OH is 2. The number of aliphatic hydroxyl groups is 2. The molecule has 0 heterocycles. The standard InChI is InChI=1S/C49H87NO5/c1-4-7-10-13-16-19-21-23-24-26-27-29-32-35-38-41-47(52)46(44-51)50-48(53)43-45(40-37-34-31-18-15-12-9-6-3)55-49(54)42-39-36-33-30-28-25-22-20-17-14-11-8-5-2/h8,11-12,14-15,17,20,22,25,28,45-47,51-52H,4-7,9-10,13,16,18-19,21,23-24,26-27,29-44H2,1-3H3,(H,50,53)/b11-8+,15-12-,17-14+,22-20-,28-25-. The minimum Gasteiger partial charge on any atom is -0.462 e. The Morgan fingerprint density at radius 1 is 0.545 bits per heavy atom. The lowest BCUT2D eigenvalue weighted by atomic mass is 10.0. The maximum atomic E-state index is 13.1. The highest BCUT2D eigenvalue weighted by Crippen LogP contribution is 2.17. The monoisotopic (exact) mass is 770 g/mol. The summed E-state index contributed by atoms with van der Waals surface area (Å²) in [6, 6.07) is -0.714. The Morgan fingerprint density at radius 3 is 1.62 bits per heavy atom. The first kappa shape index (κ1) is 52.6. The molecule has 0 saturated heterocycles. The molecule has 0 aromatic heterocycles. The second-order valence-corrected chi connectivity index (χ2v) is 15.5. The van der Waals surface area contributed by atoms with Crippen LogP contribution in [0.4, 0.5) is 0 Å². The molecule has 0 aromatic carbocycles. The van der Waals surface area contributed by atoms with E-state index in [0.29, 0.717) is 19.3 Å². The van der Waals surface area contributed by atoms with Crippen molar-refractivity contribution in [1.82, 2.24) is 5.32 Å². The van der Waals surface area contributed by atoms with Crippen molar-refractivity contribution in [2.45, 2.75) is 232 Å². The Balaban J connectivity index is 4.52. The quantitative estimate of drug-likeness (QED) is 0.0250. The molecule has 3 unspecified atom stereocenters. The van der Waals surface area contributed by atoms with Gasteiger partial charge in [-0.15, -0.1) is 0 Å². The molecule has 6 nitrogen and oxygen atoms in total. The van der Waals surface area contributed by atoms with Crippen LogP contribution in [0.1, 0.15) is 213 Å². The number of hydrogen-bond acceptors (Lipinski definition) is 5. The van der Waals surface area contributed by atoms with Crippen molar-refractivity contribution < 1.29 is 24.5 Å². The van der Waals surface area contributed by atoms with Crippen molar-refractivity contribution in [2.75, 3.05) is 6.61 Å². The van der Waals surface area contributed by atoms with E-state index in [-0.39, 0.29) is 24.9 Å². The number of allylic oxidation sites excluding steroid dienone is 10. The van der Waals surface area contributed by atoms with Gasteiger partial charge in [0.25, 0.3) is 0 Å². The van der Waals surface area contributed by atoms with Gasteiger partial charge in [0.1, 0.15) is 6.10 Å². The van der Waals surface area contributed by atoms with Crippen LogP contribution >= 0.6 is 0 Å². The van der Waals surface area contributed by atoms with Crippen LogP contribution in [-0.4, -0.2) is 46.9 Å². The van der Waals surface area contributed by atoms with Crippen LogP contribution in [0.25, 0.3) is 0 Å². The van der Waals surface area contributed by atoms with Gasteiger partial charge in [-0.05, 0) is 64.2 Å². The fraction of sp³-hybridized carbons (Fsp3) is 0.755. The highest BCUT2D eigenvalue weighted by molar-refractivity contribution is 5.77. The molecule has 0 rings (SSSR count). The topological polar surface area (TPSA) is 95.9 Å². The van der Waals surface area contributed by atoms with Crippen LogP contribution in [0.2, 0.25) is 0 Å². The van der Waals surface area contributed by atoms with Gasteiger partial charge in [-0.25, -0.2) is 0 Å². The molecule has 0 aliphatic rings. The van der Waals surface area contributed by atoms with Crippen molar-refractivity contribution in [1.29, 1.82) is 0 Å². The van der Waals surface area contributed by atoms with E-state index in [9.17, 15) is 19.8 Å². The third-order valence-corrected chi connectivity index (χ3v) is 10.2. The van der Waals surface area contributed by atoms with Gasteiger partial charge in [0.2, 0.25) is 5.91 Å². The summed E-state index contributed by atoms with van der Waals surface area (Å²) in [5, 5.41) is 23.6. The van der Waals surface area contributed by atoms with E-state index in [2.05, 4.69) is 56.5 Å². The molecule has 55 heavy (non-hydrogen) atoms. The number of unbranched alkanes of at least 4 members (excludes halogenated alkanes) is 21. The average Bonchev–Trinajstić information content (AvgIpc) is 3.18. The zero-order valence-corrected chi connectivity index (χ0v) is 36.0. The molecule has 6 heteroatoms. The number of esters is 1. The van der Waals surface area contributed by atoms with Gasteiger partial charge in [0, 0.05) is 6.42 Å². The second kappa shape index (κ2) is 42.7. The first-order valence-electron chi connectivity index (χ1n) is 23.1. The van der Waals surface area contributed by atoms with Crippen LogP contribution in [0.3, 0.4) is 0 Å². The molecule has 318 valence electrons. The minimum absolute atomic E-state index is 0.0483. The summed E-state index contributed by atoms with van der Waals surface area (Å²) >= 11 is 0. The van der Waals surface area contributed by atoms with E-state index >= 15 is 0 Å². The number of hydrogen-bond donors (Lipinski definition) is 3. The maximum absolute atomic E-state index is 13.1. The smallest absolute Gasteiger partial charge is 0.306 e. The number of carbonyl (C=O) groups excluding carboxylic acids is 2. The first-order valence-corrected chi connectivity index (χ1v) is 23.1. The molecule has 0 saturated carbocycles. The van der Waals surface area contributed by atoms with Crippen LogP contribution in [0, 0.1) is 0 Å². The maximum Gasteiger partial charge on any atom is 0.306 e. The van der Waals surface area contributed by atoms with E-state index in [1.165, 1.54) is 77.0 Å². The Bertz CT molecular complexity index is 999. The average molecular weight is 770 g/mol. The van der Waals surface area contributed by atoms with Gasteiger partial charge < -0.3 is 20.3 Å². The van der Waals surface area contributed by atoms with Crippen LogP contribution < -0.4 is 5.32 Å². The van der Waals surface area contributed by atoms with Gasteiger partial charge >= 0.3 is 5.97 Å². The third kappa shape index (κ3) is 38.2. The van der Waals surface area contributed by atoms with Crippen molar-refractivity contribution in [3.05, 3.63) is 60.8 Å². The van der Waals surface area contributed by atoms with Crippen molar-refractivity contribution in [3.8, 4) is 0 Å². The van der Waals surface area contributed by atoms with E-state index in [0.717, 1.165) is 89.9 Å². The van der Waals surface area contributed by atoms with Crippen LogP contribution in [-0.2, 0) is 14.3 Å². The molecule has 3 N–H and O–H groups in total. The highest BCUT2D eigenvalue weighted by Gasteiger charge is 2.24. The lowest BCUT2D eigenvalue weighted by molar-refractivity contribution is -0.151. The molecule has 3 atom stereocenters. The molecule has 0 aliphatic heterocycles. The largest absolute Gasteiger partial charge is 0.462 e. The normalized spacial score (nSPS) is 13.9. The summed E-state index contributed by atoms with van der Waals surface area (Å²) in [7, 11) is 0. The van der Waals surface area contributed by atoms with Crippen molar-refractivity contribution in [2.24, 2.45) is 0 Å². The van der Waals surface area contributed by atoms with Gasteiger partial charge in [0.05, 0.1) is 25.2 Å². The van der Waals surface area contributed by atoms with E-state index in [1.54, 1.807) is 0 Å². The summed E-state index contributed by atoms with van der Waals surface area (Å²) in [6.07, 6.45) is 51.5. The number of ether oxygens (including phenoxy) is 1. The van der Waals surface area contributed by atoms with E-state index < -0.39 is 18.2 Å². The number of amides is 1. The fourth-order valence-electron chi connectivity index (χ4n) is 6.68. The molecule has 0 spiro atoms. The predicted molar refractivity (Wildman–Crippen MR) is 236 cm³/mol. The SMILES string of the molecule is CC/C=C/C=C/C=C\C=C/CCCCCC(=O)OC(CCCCC/C=C\CCC)CC(=O)NC(CO)C(O)CCCCCCCCCCCCCCCCC. The Morgan fingerprint density at radius 2 is 1.04 bits per heavy atom. The molecule has 0 fully saturated rings. The number of carbonyl (C=O) groups is 2. The molecule has 0 bridgehead atoms. The zero-order chi connectivity index (χ0) is 40.3. The molecule has 0 aromatic rings. The third-order valence-electron chi connectivity index (χ3n) is 10.2. The second-order valence-electron chi connectivity index (χ2n) is 15.5. The Labute approximate surface area is 339 Å². The summed E-state index contributed by atoms with van der Waals surface area (Å²) < 4.78 is 5.85. The predicted octanol–water partition coefficient (Wildman–Crippen LogP) is 13.3. The molecule has 0 radical (unpaired) electrons. The summed E-state index contributed by atoms with van der Waals surface area (Å²) in [6.45, 7) is 6.24. The fourth-order valence-corrected chi connectivity index (χ4v) is 6.68. The summed E-state index contributed by atoms with van der Waals surface area (Å²) in [4.78, 5) is 25.9. The zero-order valence-electron chi connectivity index (χ0n) is 36.0.